The van der Waals surface area contributed by atoms with E-state index in [0.29, 0.717) is 0 Å². The van der Waals surface area contributed by atoms with Gasteiger partial charge < -0.3 is 0 Å². The fourth-order valence-electron chi connectivity index (χ4n) is 0.859. The zero-order chi connectivity index (χ0) is 9.03. The predicted molar refractivity (Wildman–Crippen MR) is 58.8 cm³/mol. The van der Waals surface area contributed by atoms with Crippen LogP contribution in [0.15, 0.2) is 35.2 Å². The van der Waals surface area contributed by atoms with Gasteiger partial charge in [0.05, 0.1) is 0 Å². The minimum atomic E-state index is -2.00. The van der Waals surface area contributed by atoms with Crippen LogP contribution < -0.4 is 0 Å². The zero-order valence-corrected chi connectivity index (χ0v) is 10.3. The van der Waals surface area contributed by atoms with Gasteiger partial charge in [-0.15, -0.1) is 0 Å². The summed E-state index contributed by atoms with van der Waals surface area (Å²) in [5.41, 5.74) is 1.23. The monoisotopic (exact) mass is 242 g/mol. The molecule has 0 saturated heterocycles. The number of halogens is 1. The molecule has 0 atom stereocenters. The van der Waals surface area contributed by atoms with Crippen LogP contribution in [-0.4, -0.2) is 12.3 Å². The van der Waals surface area contributed by atoms with Crippen molar-refractivity contribution in [3.05, 3.63) is 40.8 Å². The number of rotatable bonds is 2. The predicted octanol–water partition coefficient (Wildman–Crippen LogP) is 3.68. The van der Waals surface area contributed by atoms with Crippen molar-refractivity contribution in [2.45, 2.75) is 11.5 Å². The zero-order valence-electron chi connectivity index (χ0n) is 7.42. The molecule has 1 aromatic rings. The third-order valence-corrected chi connectivity index (χ3v) is 4.14. The molecule has 0 nitrogen and oxygen atoms in total. The first kappa shape index (κ1) is 9.88. The fraction of sp³-hybridized carbons (Fsp3) is 0.200. The fourth-order valence-corrected chi connectivity index (χ4v) is 2.42. The van der Waals surface area contributed by atoms with E-state index in [1.165, 1.54) is 5.56 Å². The summed E-state index contributed by atoms with van der Waals surface area (Å²) < 4.78 is 0. The Morgan fingerprint density at radius 2 is 1.75 bits per heavy atom. The molecule has 0 N–H and O–H groups in total. The SMILES string of the molecule is [CH3][Ge]([CH3])([Cl])/[CH]=C/c1ccccc1. The van der Waals surface area contributed by atoms with E-state index < -0.39 is 12.3 Å². The summed E-state index contributed by atoms with van der Waals surface area (Å²) in [6, 6.07) is 10.3. The van der Waals surface area contributed by atoms with E-state index in [9.17, 15) is 0 Å². The van der Waals surface area contributed by atoms with E-state index in [-0.39, 0.29) is 0 Å². The Kier molecular flexibility index (Phi) is 3.42. The third kappa shape index (κ3) is 3.98. The van der Waals surface area contributed by atoms with Crippen LogP contribution in [0.4, 0.5) is 0 Å². The summed E-state index contributed by atoms with van der Waals surface area (Å²) in [5, 5.41) is 0. The van der Waals surface area contributed by atoms with Gasteiger partial charge in [-0.2, -0.15) is 0 Å². The normalized spacial score (nSPS) is 12.2. The molecule has 0 aromatic heterocycles. The summed E-state index contributed by atoms with van der Waals surface area (Å²) in [4.78, 5) is 2.18. The van der Waals surface area contributed by atoms with Gasteiger partial charge in [0.15, 0.2) is 0 Å². The Morgan fingerprint density at radius 3 is 2.25 bits per heavy atom. The van der Waals surface area contributed by atoms with Gasteiger partial charge >= 0.3 is 80.7 Å². The van der Waals surface area contributed by atoms with E-state index in [0.717, 1.165) is 0 Å². The van der Waals surface area contributed by atoms with Crippen molar-refractivity contribution in [3.63, 3.8) is 0 Å². The minimum absolute atomic E-state index is 1.23. The van der Waals surface area contributed by atoms with Gasteiger partial charge in [0, 0.05) is 0 Å². The van der Waals surface area contributed by atoms with Crippen molar-refractivity contribution in [2.75, 3.05) is 0 Å². The van der Waals surface area contributed by atoms with Gasteiger partial charge in [-0.05, 0) is 0 Å². The third-order valence-electron chi connectivity index (χ3n) is 1.47. The van der Waals surface area contributed by atoms with Crippen molar-refractivity contribution >= 4 is 28.4 Å². The van der Waals surface area contributed by atoms with Gasteiger partial charge in [-0.25, -0.2) is 0 Å². The molecule has 0 bridgehead atoms. The summed E-state index contributed by atoms with van der Waals surface area (Å²) in [6.07, 6.45) is 2.12. The molecule has 0 heterocycles. The maximum absolute atomic E-state index is 6.18. The second kappa shape index (κ2) is 4.15. The Hall–Kier alpha value is -0.207. The second-order valence-electron chi connectivity index (χ2n) is 3.31. The van der Waals surface area contributed by atoms with Crippen LogP contribution in [0.3, 0.4) is 0 Å². The van der Waals surface area contributed by atoms with E-state index in [1.807, 2.05) is 18.2 Å². The first-order chi connectivity index (χ1) is 5.58. The van der Waals surface area contributed by atoms with Crippen LogP contribution in [0.1, 0.15) is 5.56 Å². The molecule has 0 fully saturated rings. The molecule has 0 aliphatic rings. The first-order valence-electron chi connectivity index (χ1n) is 4.01. The molecule has 64 valence electrons. The van der Waals surface area contributed by atoms with E-state index in [1.54, 1.807) is 0 Å². The molecular weight excluding hydrogens is 228 g/mol. The molecule has 0 saturated carbocycles. The molecule has 2 heteroatoms. The topological polar surface area (TPSA) is 0 Å². The molecule has 12 heavy (non-hydrogen) atoms. The van der Waals surface area contributed by atoms with Gasteiger partial charge in [-0.3, -0.25) is 0 Å². The van der Waals surface area contributed by atoms with Crippen LogP contribution in [-0.2, 0) is 0 Å². The number of hydrogen-bond acceptors (Lipinski definition) is 0. The number of hydrogen-bond donors (Lipinski definition) is 0. The Labute approximate surface area is 80.8 Å². The van der Waals surface area contributed by atoms with Crippen molar-refractivity contribution in [1.82, 2.24) is 0 Å². The summed E-state index contributed by atoms with van der Waals surface area (Å²) in [7, 11) is 6.18. The second-order valence-corrected chi connectivity index (χ2v) is 15.6. The van der Waals surface area contributed by atoms with E-state index >= 15 is 0 Å². The van der Waals surface area contributed by atoms with Gasteiger partial charge in [0.1, 0.15) is 0 Å². The van der Waals surface area contributed by atoms with Crippen molar-refractivity contribution in [1.29, 1.82) is 0 Å². The van der Waals surface area contributed by atoms with Gasteiger partial charge in [0.25, 0.3) is 0 Å². The molecule has 0 aliphatic carbocycles. The first-order valence-corrected chi connectivity index (χ1v) is 12.2. The van der Waals surface area contributed by atoms with Crippen LogP contribution in [0.5, 0.6) is 0 Å². The van der Waals surface area contributed by atoms with Gasteiger partial charge in [-0.1, -0.05) is 0 Å². The average molecular weight is 241 g/mol. The summed E-state index contributed by atoms with van der Waals surface area (Å²) >= 11 is -2.00. The van der Waals surface area contributed by atoms with Crippen LogP contribution >= 0.6 is 10.0 Å². The maximum atomic E-state index is 6.18. The standard InChI is InChI=1S/C10H13ClGe/c1-12(2,11)9-8-10-6-4-3-5-7-10/h3-9H,1-2H3/b9-8+. The Bertz CT molecular complexity index is 259. The molecule has 1 rings (SSSR count). The molecule has 0 spiro atoms. The molecule has 0 amide bonds. The Balaban J connectivity index is 2.71. The Morgan fingerprint density at radius 1 is 1.17 bits per heavy atom. The van der Waals surface area contributed by atoms with Crippen LogP contribution in [0.2, 0.25) is 11.5 Å². The molecular formula is C10H13ClGe. The van der Waals surface area contributed by atoms with Crippen molar-refractivity contribution < 1.29 is 0 Å². The average Bonchev–Trinajstić information content (AvgIpc) is 2.02. The summed E-state index contributed by atoms with van der Waals surface area (Å²) in [6.45, 7) is 0. The van der Waals surface area contributed by atoms with Crippen molar-refractivity contribution in [2.24, 2.45) is 0 Å². The molecule has 1 aromatic carbocycles. The quantitative estimate of drug-likeness (QED) is 0.693. The summed E-state index contributed by atoms with van der Waals surface area (Å²) in [5.74, 6) is 4.31. The van der Waals surface area contributed by atoms with Crippen LogP contribution in [0.25, 0.3) is 6.08 Å². The van der Waals surface area contributed by atoms with E-state index in [2.05, 4.69) is 34.6 Å². The molecule has 0 aliphatic heterocycles. The van der Waals surface area contributed by atoms with Gasteiger partial charge in [0.2, 0.25) is 0 Å². The van der Waals surface area contributed by atoms with Crippen molar-refractivity contribution in [3.8, 4) is 0 Å². The molecule has 0 unspecified atom stereocenters. The molecule has 0 radical (unpaired) electrons. The van der Waals surface area contributed by atoms with E-state index in [4.69, 9.17) is 10.0 Å². The van der Waals surface area contributed by atoms with Crippen LogP contribution in [0, 0.1) is 0 Å². The number of benzene rings is 1.